The fourth-order valence-corrected chi connectivity index (χ4v) is 6.10. The molecule has 12 heteroatoms. The molecule has 11 nitrogen and oxygen atoms in total. The zero-order valence-electron chi connectivity index (χ0n) is 27.3. The van der Waals surface area contributed by atoms with E-state index in [4.69, 9.17) is 12.2 Å². The lowest BCUT2D eigenvalue weighted by atomic mass is 9.95. The van der Waals surface area contributed by atoms with Crippen molar-refractivity contribution in [1.82, 2.24) is 20.1 Å². The lowest BCUT2D eigenvalue weighted by molar-refractivity contribution is -0.123. The highest BCUT2D eigenvalue weighted by Crippen LogP contribution is 2.24. The number of hydrogen-bond donors (Lipinski definition) is 5. The van der Waals surface area contributed by atoms with Crippen LogP contribution in [0.15, 0.2) is 23.0 Å². The van der Waals surface area contributed by atoms with Gasteiger partial charge in [0.1, 0.15) is 6.04 Å². The van der Waals surface area contributed by atoms with Crippen molar-refractivity contribution in [3.63, 3.8) is 0 Å². The Labute approximate surface area is 269 Å². The summed E-state index contributed by atoms with van der Waals surface area (Å²) in [6.45, 7) is 15.1. The molecule has 1 atom stereocenters. The number of rotatable bonds is 12. The zero-order valence-corrected chi connectivity index (χ0v) is 28.1. The van der Waals surface area contributed by atoms with Gasteiger partial charge in [0, 0.05) is 37.3 Å². The molecule has 0 radical (unpaired) electrons. The monoisotopic (exact) mass is 637 g/mol. The average molecular weight is 638 g/mol. The summed E-state index contributed by atoms with van der Waals surface area (Å²) in [5.41, 5.74) is 8.20. The van der Waals surface area contributed by atoms with Crippen molar-refractivity contribution in [2.24, 2.45) is 11.1 Å². The van der Waals surface area contributed by atoms with Crippen molar-refractivity contribution in [1.29, 1.82) is 0 Å². The Morgan fingerprint density at radius 1 is 1.13 bits per heavy atom. The van der Waals surface area contributed by atoms with E-state index < -0.39 is 17.4 Å². The maximum atomic E-state index is 13.4. The quantitative estimate of drug-likeness (QED) is 0.220. The summed E-state index contributed by atoms with van der Waals surface area (Å²) < 4.78 is 2.79. The molecule has 2 heterocycles. The van der Waals surface area contributed by atoms with Crippen LogP contribution < -0.4 is 41.8 Å². The van der Waals surface area contributed by atoms with Crippen LogP contribution >= 0.6 is 11.3 Å². The highest BCUT2D eigenvalue weighted by atomic mass is 32.1. The third kappa shape index (κ3) is 9.29. The van der Waals surface area contributed by atoms with E-state index in [0.29, 0.717) is 51.3 Å². The van der Waals surface area contributed by atoms with Crippen molar-refractivity contribution in [2.45, 2.75) is 67.0 Å². The van der Waals surface area contributed by atoms with E-state index in [1.807, 2.05) is 34.6 Å². The van der Waals surface area contributed by atoms with E-state index >= 15 is 0 Å². The summed E-state index contributed by atoms with van der Waals surface area (Å²) in [4.78, 5) is 54.1. The van der Waals surface area contributed by atoms with Crippen LogP contribution in [0.2, 0.25) is 0 Å². The fraction of sp³-hybridized carbons (Fsp3) is 0.515. The maximum absolute atomic E-state index is 13.4. The van der Waals surface area contributed by atoms with E-state index in [1.165, 1.54) is 24.2 Å². The van der Waals surface area contributed by atoms with Crippen LogP contribution in [0.1, 0.15) is 64.7 Å². The number of aromatic nitrogens is 1. The van der Waals surface area contributed by atoms with Crippen LogP contribution in [0.5, 0.6) is 0 Å². The summed E-state index contributed by atoms with van der Waals surface area (Å²) in [5.74, 6) is 1.48. The molecule has 1 unspecified atom stereocenters. The van der Waals surface area contributed by atoms with E-state index in [9.17, 15) is 19.2 Å². The van der Waals surface area contributed by atoms with E-state index in [0.717, 1.165) is 25.2 Å². The first-order valence-electron chi connectivity index (χ1n) is 15.3. The van der Waals surface area contributed by atoms with Gasteiger partial charge in [0.25, 0.3) is 11.5 Å². The number of nitrogens with one attached hydrogen (secondary N) is 4. The van der Waals surface area contributed by atoms with E-state index in [1.54, 1.807) is 29.7 Å². The number of benzene rings is 1. The Bertz CT molecular complexity index is 1620. The third-order valence-corrected chi connectivity index (χ3v) is 9.16. The summed E-state index contributed by atoms with van der Waals surface area (Å²) in [5, 5.41) is 11.8. The van der Waals surface area contributed by atoms with Gasteiger partial charge in [0.05, 0.1) is 27.0 Å². The minimum atomic E-state index is -0.946. The SMILES string of the molecule is C#CCNC(=O)C(N)/C(C)=c1\s/c(=C(\C)CNc2ccc(C(=O)NCCN3CCCC3)c(NC(=O)C(C)(C)C)c2)c(=O)n1CC. The highest BCUT2D eigenvalue weighted by Gasteiger charge is 2.24. The van der Waals surface area contributed by atoms with Gasteiger partial charge in [0.15, 0.2) is 0 Å². The molecule has 0 saturated carbocycles. The van der Waals surface area contributed by atoms with Crippen LogP contribution in [0.4, 0.5) is 11.4 Å². The molecule has 1 aliphatic heterocycles. The molecule has 3 amide bonds. The lowest BCUT2D eigenvalue weighted by Crippen LogP contribution is -2.43. The number of anilines is 2. The predicted octanol–water partition coefficient (Wildman–Crippen LogP) is 1.27. The number of carbonyl (C=O) groups is 3. The summed E-state index contributed by atoms with van der Waals surface area (Å²) >= 11 is 1.29. The number of terminal acetylenes is 1. The molecule has 244 valence electrons. The van der Waals surface area contributed by atoms with Gasteiger partial charge in [-0.3, -0.25) is 23.7 Å². The normalized spacial score (nSPS) is 15.5. The third-order valence-electron chi connectivity index (χ3n) is 7.70. The van der Waals surface area contributed by atoms with Crippen LogP contribution in [-0.2, 0) is 16.1 Å². The second-order valence-corrected chi connectivity index (χ2v) is 13.3. The lowest BCUT2D eigenvalue weighted by Gasteiger charge is -2.20. The first-order valence-corrected chi connectivity index (χ1v) is 16.2. The minimum absolute atomic E-state index is 0.0701. The second-order valence-electron chi connectivity index (χ2n) is 12.3. The summed E-state index contributed by atoms with van der Waals surface area (Å²) in [7, 11) is 0. The molecule has 2 aromatic rings. The van der Waals surface area contributed by atoms with Gasteiger partial charge in [-0.1, -0.05) is 26.7 Å². The Morgan fingerprint density at radius 3 is 2.44 bits per heavy atom. The van der Waals surface area contributed by atoms with Crippen molar-refractivity contribution < 1.29 is 14.4 Å². The van der Waals surface area contributed by atoms with Crippen LogP contribution in [0.25, 0.3) is 11.1 Å². The largest absolute Gasteiger partial charge is 0.381 e. The molecular weight excluding hydrogens is 590 g/mol. The Balaban J connectivity index is 1.87. The molecule has 0 bridgehead atoms. The first kappa shape index (κ1) is 35.6. The maximum Gasteiger partial charge on any atom is 0.269 e. The molecule has 1 aromatic heterocycles. The Hall–Kier alpha value is -3.92. The molecule has 1 aliphatic rings. The smallest absolute Gasteiger partial charge is 0.269 e. The standard InChI is InChI=1S/C33H47N7O4S/c1-8-14-35-29(42)26(34)22(4)31-40(9-2)30(43)27(45-31)21(3)20-37-23-12-13-24(25(19-23)38-32(44)33(5,6)7)28(41)36-15-18-39-16-10-11-17-39/h1,12-13,19,26,37H,9-11,14-18,20,34H2,2-7H3,(H,35,42)(H,36,41)(H,38,44)/b27-21+,31-22-. The second kappa shape index (κ2) is 15.9. The average Bonchev–Trinajstić information content (AvgIpc) is 3.64. The van der Waals surface area contributed by atoms with E-state index in [-0.39, 0.29) is 23.9 Å². The number of nitrogens with two attached hydrogens (primary N) is 1. The van der Waals surface area contributed by atoms with Gasteiger partial charge in [0.2, 0.25) is 11.8 Å². The molecule has 6 N–H and O–H groups in total. The molecular formula is C33H47N7O4S. The van der Waals surface area contributed by atoms with Crippen molar-refractivity contribution in [3.05, 3.63) is 43.3 Å². The number of nitrogens with zero attached hydrogens (tertiary/aromatic N) is 2. The van der Waals surface area contributed by atoms with Crippen LogP contribution in [-0.4, -0.2) is 72.5 Å². The van der Waals surface area contributed by atoms with Crippen LogP contribution in [0.3, 0.4) is 0 Å². The minimum Gasteiger partial charge on any atom is -0.381 e. The van der Waals surface area contributed by atoms with Crippen LogP contribution in [0, 0.1) is 17.8 Å². The molecule has 45 heavy (non-hydrogen) atoms. The number of amides is 3. The molecule has 1 fully saturated rings. The van der Waals surface area contributed by atoms with Crippen molar-refractivity contribution in [3.8, 4) is 12.3 Å². The van der Waals surface area contributed by atoms with Gasteiger partial charge < -0.3 is 31.9 Å². The number of likely N-dealkylation sites (tertiary alicyclic amines) is 1. The molecule has 1 saturated heterocycles. The molecule has 3 rings (SSSR count). The van der Waals surface area contributed by atoms with Crippen molar-refractivity contribution >= 4 is 51.6 Å². The van der Waals surface area contributed by atoms with Crippen molar-refractivity contribution in [2.75, 3.05) is 49.9 Å². The summed E-state index contributed by atoms with van der Waals surface area (Å²) in [6.07, 6.45) is 7.61. The fourth-order valence-electron chi connectivity index (χ4n) is 4.85. The first-order chi connectivity index (χ1) is 21.3. The number of hydrogen-bond acceptors (Lipinski definition) is 8. The number of carbonyl (C=O) groups excluding carboxylic acids is 3. The van der Waals surface area contributed by atoms with Gasteiger partial charge >= 0.3 is 0 Å². The van der Waals surface area contributed by atoms with Gasteiger partial charge in [-0.15, -0.1) is 17.8 Å². The molecule has 1 aromatic carbocycles. The predicted molar refractivity (Wildman–Crippen MR) is 183 cm³/mol. The molecule has 0 aliphatic carbocycles. The topological polar surface area (TPSA) is 151 Å². The summed E-state index contributed by atoms with van der Waals surface area (Å²) in [6, 6.07) is 4.27. The van der Waals surface area contributed by atoms with Gasteiger partial charge in [-0.05, 0) is 76.0 Å². The molecule has 0 spiro atoms. The Kier molecular flexibility index (Phi) is 12.6. The zero-order chi connectivity index (χ0) is 33.3. The highest BCUT2D eigenvalue weighted by molar-refractivity contribution is 7.07. The van der Waals surface area contributed by atoms with Gasteiger partial charge in [-0.2, -0.15) is 0 Å². The van der Waals surface area contributed by atoms with E-state index in [2.05, 4.69) is 32.1 Å². The number of thiazole rings is 1. The Morgan fingerprint density at radius 2 is 1.82 bits per heavy atom. The van der Waals surface area contributed by atoms with Gasteiger partial charge in [-0.25, -0.2) is 0 Å².